The van der Waals surface area contributed by atoms with Crippen LogP contribution in [0.25, 0.3) is 0 Å². The maximum Gasteiger partial charge on any atom is 0.325 e. The first-order valence-electron chi connectivity index (χ1n) is 6.29. The second kappa shape index (κ2) is 6.32. The standard InChI is InChI=1S/C16H17NO3/c1-20-15(11-6-3-2-4-7-11)13-9-5-8-12(10-13)14(17)16(18)19/h2-10,14-15H,17H2,1H3,(H,18,19). The van der Waals surface area contributed by atoms with Crippen molar-refractivity contribution in [1.29, 1.82) is 0 Å². The van der Waals surface area contributed by atoms with Gasteiger partial charge in [0.15, 0.2) is 0 Å². The van der Waals surface area contributed by atoms with E-state index in [0.29, 0.717) is 5.56 Å². The van der Waals surface area contributed by atoms with Crippen LogP contribution in [0.1, 0.15) is 28.8 Å². The third-order valence-electron chi connectivity index (χ3n) is 3.18. The van der Waals surface area contributed by atoms with Gasteiger partial charge in [0.05, 0.1) is 0 Å². The molecule has 2 atom stereocenters. The molecule has 4 heteroatoms. The third kappa shape index (κ3) is 3.04. The summed E-state index contributed by atoms with van der Waals surface area (Å²) in [4.78, 5) is 11.0. The number of carboxylic acid groups (broad SMARTS) is 1. The van der Waals surface area contributed by atoms with Crippen LogP contribution in [0, 0.1) is 0 Å². The zero-order chi connectivity index (χ0) is 14.5. The first-order chi connectivity index (χ1) is 9.63. The quantitative estimate of drug-likeness (QED) is 0.876. The summed E-state index contributed by atoms with van der Waals surface area (Å²) in [6.45, 7) is 0. The van der Waals surface area contributed by atoms with Gasteiger partial charge in [-0.15, -0.1) is 0 Å². The van der Waals surface area contributed by atoms with Crippen molar-refractivity contribution in [3.63, 3.8) is 0 Å². The van der Waals surface area contributed by atoms with Crippen LogP contribution >= 0.6 is 0 Å². The smallest absolute Gasteiger partial charge is 0.325 e. The van der Waals surface area contributed by atoms with Crippen LogP contribution in [-0.4, -0.2) is 18.2 Å². The van der Waals surface area contributed by atoms with E-state index >= 15 is 0 Å². The first-order valence-corrected chi connectivity index (χ1v) is 6.29. The van der Waals surface area contributed by atoms with Crippen LogP contribution in [0.5, 0.6) is 0 Å². The number of aliphatic carboxylic acids is 1. The monoisotopic (exact) mass is 271 g/mol. The molecule has 104 valence electrons. The zero-order valence-corrected chi connectivity index (χ0v) is 11.2. The maximum absolute atomic E-state index is 11.0. The molecule has 2 unspecified atom stereocenters. The van der Waals surface area contributed by atoms with Gasteiger partial charge in [-0.3, -0.25) is 4.79 Å². The number of ether oxygens (including phenoxy) is 1. The van der Waals surface area contributed by atoms with Gasteiger partial charge in [-0.1, -0.05) is 54.6 Å². The van der Waals surface area contributed by atoms with Crippen molar-refractivity contribution in [3.05, 3.63) is 71.3 Å². The number of methoxy groups -OCH3 is 1. The van der Waals surface area contributed by atoms with Crippen molar-refractivity contribution >= 4 is 5.97 Å². The molecule has 0 heterocycles. The molecule has 0 bridgehead atoms. The summed E-state index contributed by atoms with van der Waals surface area (Å²) in [5, 5.41) is 8.98. The Bertz CT molecular complexity index is 583. The fourth-order valence-electron chi connectivity index (χ4n) is 2.15. The molecule has 2 aromatic carbocycles. The van der Waals surface area contributed by atoms with Crippen LogP contribution in [0.3, 0.4) is 0 Å². The van der Waals surface area contributed by atoms with E-state index in [-0.39, 0.29) is 6.10 Å². The van der Waals surface area contributed by atoms with Gasteiger partial charge in [0.2, 0.25) is 0 Å². The maximum atomic E-state index is 11.0. The Morgan fingerprint density at radius 3 is 2.25 bits per heavy atom. The lowest BCUT2D eigenvalue weighted by Gasteiger charge is -2.18. The van der Waals surface area contributed by atoms with Crippen molar-refractivity contribution in [2.75, 3.05) is 7.11 Å². The van der Waals surface area contributed by atoms with Crippen LogP contribution in [0.15, 0.2) is 54.6 Å². The topological polar surface area (TPSA) is 72.5 Å². The molecule has 3 N–H and O–H groups in total. The van der Waals surface area contributed by atoms with Crippen molar-refractivity contribution < 1.29 is 14.6 Å². The Morgan fingerprint density at radius 2 is 1.65 bits per heavy atom. The summed E-state index contributed by atoms with van der Waals surface area (Å²) in [5.41, 5.74) is 8.10. The summed E-state index contributed by atoms with van der Waals surface area (Å²) < 4.78 is 5.53. The van der Waals surface area contributed by atoms with E-state index in [4.69, 9.17) is 15.6 Å². The number of hydrogen-bond acceptors (Lipinski definition) is 3. The minimum absolute atomic E-state index is 0.239. The molecule has 0 amide bonds. The molecule has 4 nitrogen and oxygen atoms in total. The van der Waals surface area contributed by atoms with E-state index in [1.54, 1.807) is 25.3 Å². The van der Waals surface area contributed by atoms with Gasteiger partial charge < -0.3 is 15.6 Å². The normalized spacial score (nSPS) is 13.7. The van der Waals surface area contributed by atoms with E-state index in [0.717, 1.165) is 11.1 Å². The molecule has 20 heavy (non-hydrogen) atoms. The largest absolute Gasteiger partial charge is 0.480 e. The molecular weight excluding hydrogens is 254 g/mol. The number of benzene rings is 2. The number of hydrogen-bond donors (Lipinski definition) is 2. The first kappa shape index (κ1) is 14.2. The van der Waals surface area contributed by atoms with Gasteiger partial charge in [0, 0.05) is 7.11 Å². The average Bonchev–Trinajstić information content (AvgIpc) is 2.48. The highest BCUT2D eigenvalue weighted by atomic mass is 16.5. The highest BCUT2D eigenvalue weighted by Crippen LogP contribution is 2.26. The lowest BCUT2D eigenvalue weighted by Crippen LogP contribution is -2.20. The Labute approximate surface area is 117 Å². The van der Waals surface area contributed by atoms with Crippen molar-refractivity contribution in [1.82, 2.24) is 0 Å². The van der Waals surface area contributed by atoms with Crippen LogP contribution in [-0.2, 0) is 9.53 Å². The molecule has 0 saturated heterocycles. The van der Waals surface area contributed by atoms with Gasteiger partial charge in [-0.25, -0.2) is 0 Å². The van der Waals surface area contributed by atoms with Crippen LogP contribution in [0.4, 0.5) is 0 Å². The SMILES string of the molecule is COC(c1ccccc1)c1cccc(C(N)C(=O)O)c1. The minimum atomic E-state index is -1.05. The van der Waals surface area contributed by atoms with Gasteiger partial charge >= 0.3 is 5.97 Å². The fraction of sp³-hybridized carbons (Fsp3) is 0.188. The van der Waals surface area contributed by atoms with E-state index in [1.807, 2.05) is 36.4 Å². The summed E-state index contributed by atoms with van der Waals surface area (Å²) in [6, 6.07) is 15.9. The molecule has 0 radical (unpaired) electrons. The molecule has 0 aromatic heterocycles. The van der Waals surface area contributed by atoms with Crippen molar-refractivity contribution in [3.8, 4) is 0 Å². The predicted molar refractivity (Wildman–Crippen MR) is 76.3 cm³/mol. The average molecular weight is 271 g/mol. The van der Waals surface area contributed by atoms with Gasteiger partial charge in [0.1, 0.15) is 12.1 Å². The van der Waals surface area contributed by atoms with E-state index < -0.39 is 12.0 Å². The Kier molecular flexibility index (Phi) is 4.50. The summed E-state index contributed by atoms with van der Waals surface area (Å²) in [6.07, 6.45) is -0.239. The fourth-order valence-corrected chi connectivity index (χ4v) is 2.15. The summed E-state index contributed by atoms with van der Waals surface area (Å²) in [7, 11) is 1.63. The number of rotatable bonds is 5. The van der Waals surface area contributed by atoms with E-state index in [9.17, 15) is 4.79 Å². The molecule has 0 spiro atoms. The predicted octanol–water partition coefficient (Wildman–Crippen LogP) is 2.51. The second-order valence-electron chi connectivity index (χ2n) is 4.51. The number of carboxylic acids is 1. The lowest BCUT2D eigenvalue weighted by atomic mass is 9.97. The number of nitrogens with two attached hydrogens (primary N) is 1. The minimum Gasteiger partial charge on any atom is -0.480 e. The Balaban J connectivity index is 2.36. The van der Waals surface area contributed by atoms with Crippen LogP contribution < -0.4 is 5.73 Å². The van der Waals surface area contributed by atoms with Gasteiger partial charge in [-0.2, -0.15) is 0 Å². The summed E-state index contributed by atoms with van der Waals surface area (Å²) >= 11 is 0. The molecular formula is C16H17NO3. The molecule has 0 fully saturated rings. The molecule has 0 saturated carbocycles. The third-order valence-corrected chi connectivity index (χ3v) is 3.18. The van der Waals surface area contributed by atoms with Gasteiger partial charge in [0.25, 0.3) is 0 Å². The molecule has 0 aliphatic carbocycles. The summed E-state index contributed by atoms with van der Waals surface area (Å²) in [5.74, 6) is -1.05. The molecule has 0 aliphatic heterocycles. The Hall–Kier alpha value is -2.17. The van der Waals surface area contributed by atoms with E-state index in [2.05, 4.69) is 0 Å². The number of carbonyl (C=O) groups is 1. The van der Waals surface area contributed by atoms with E-state index in [1.165, 1.54) is 0 Å². The lowest BCUT2D eigenvalue weighted by molar-refractivity contribution is -0.138. The van der Waals surface area contributed by atoms with Crippen LogP contribution in [0.2, 0.25) is 0 Å². The Morgan fingerprint density at radius 1 is 1.05 bits per heavy atom. The highest BCUT2D eigenvalue weighted by molar-refractivity contribution is 5.75. The zero-order valence-electron chi connectivity index (χ0n) is 11.2. The van der Waals surface area contributed by atoms with Crippen molar-refractivity contribution in [2.45, 2.75) is 12.1 Å². The van der Waals surface area contributed by atoms with Gasteiger partial charge in [-0.05, 0) is 16.7 Å². The van der Waals surface area contributed by atoms with Crippen molar-refractivity contribution in [2.24, 2.45) is 5.73 Å². The molecule has 2 aromatic rings. The molecule has 2 rings (SSSR count). The highest BCUT2D eigenvalue weighted by Gasteiger charge is 2.18. The molecule has 0 aliphatic rings. The second-order valence-corrected chi connectivity index (χ2v) is 4.51.